The number of rotatable bonds is 8. The van der Waals surface area contributed by atoms with Gasteiger partial charge in [-0.05, 0) is 11.6 Å². The summed E-state index contributed by atoms with van der Waals surface area (Å²) in [7, 11) is -0.971. The lowest BCUT2D eigenvalue weighted by atomic mass is 10.2. The molecule has 1 aromatic carbocycles. The normalized spacial score (nSPS) is 12.2. The van der Waals surface area contributed by atoms with Crippen molar-refractivity contribution in [1.29, 1.82) is 0 Å². The second-order valence-corrected chi connectivity index (χ2v) is 11.1. The minimum absolute atomic E-state index is 0.392. The lowest BCUT2D eigenvalue weighted by Crippen LogP contribution is -2.22. The molecule has 0 heterocycles. The maximum Gasteiger partial charge on any atom is 0.147 e. The Kier molecular flexibility index (Phi) is 6.94. The third-order valence-corrected chi connectivity index (χ3v) is 4.19. The molecule has 0 fully saturated rings. The molecule has 0 aliphatic rings. The van der Waals surface area contributed by atoms with E-state index in [1.165, 1.54) is 11.6 Å². The van der Waals surface area contributed by atoms with Crippen molar-refractivity contribution in [2.75, 3.05) is 20.0 Å². The molecule has 0 N–H and O–H groups in total. The van der Waals surface area contributed by atoms with E-state index in [9.17, 15) is 0 Å². The average molecular weight is 264 g/mol. The highest BCUT2D eigenvalue weighted by Crippen LogP contribution is 2.07. The van der Waals surface area contributed by atoms with Crippen LogP contribution in [0.25, 0.3) is 6.08 Å². The molecule has 0 spiro atoms. The minimum atomic E-state index is -0.971. The Bertz CT molecular complexity index is 341. The molecule has 0 atom stereocenters. The first kappa shape index (κ1) is 15.2. The van der Waals surface area contributed by atoms with Gasteiger partial charge in [-0.25, -0.2) is 0 Å². The lowest BCUT2D eigenvalue weighted by molar-refractivity contribution is -0.0390. The van der Waals surface area contributed by atoms with Crippen LogP contribution >= 0.6 is 0 Å². The molecular weight excluding hydrogens is 240 g/mol. The molecule has 2 nitrogen and oxygen atoms in total. The molecule has 3 heteroatoms. The average Bonchev–Trinajstić information content (AvgIpc) is 2.32. The highest BCUT2D eigenvalue weighted by molar-refractivity contribution is 6.76. The van der Waals surface area contributed by atoms with Crippen molar-refractivity contribution in [2.45, 2.75) is 25.7 Å². The number of hydrogen-bond acceptors (Lipinski definition) is 2. The molecule has 0 saturated carbocycles. The highest BCUT2D eigenvalue weighted by atomic mass is 28.3. The lowest BCUT2D eigenvalue weighted by Gasteiger charge is -2.15. The standard InChI is InChI=1S/C15H24O2Si/c1-18(2,3)13-12-17-14-16-11-7-10-15-8-5-4-6-9-15/h4-10H,11-14H2,1-3H3/b10-7+. The SMILES string of the molecule is C[Si](C)(C)CCOCOC/C=C/c1ccccc1. The summed E-state index contributed by atoms with van der Waals surface area (Å²) in [4.78, 5) is 0. The first-order valence-corrected chi connectivity index (χ1v) is 10.2. The topological polar surface area (TPSA) is 18.5 Å². The van der Waals surface area contributed by atoms with Crippen LogP contribution < -0.4 is 0 Å². The molecule has 0 bridgehead atoms. The van der Waals surface area contributed by atoms with Crippen LogP contribution in [0.3, 0.4) is 0 Å². The quantitative estimate of drug-likeness (QED) is 0.401. The monoisotopic (exact) mass is 264 g/mol. The third kappa shape index (κ3) is 8.23. The Labute approximate surface area is 112 Å². The van der Waals surface area contributed by atoms with E-state index in [1.54, 1.807) is 0 Å². The molecule has 0 saturated heterocycles. The van der Waals surface area contributed by atoms with E-state index in [0.717, 1.165) is 6.61 Å². The minimum Gasteiger partial charge on any atom is -0.356 e. The molecule has 1 aromatic rings. The van der Waals surface area contributed by atoms with E-state index in [0.29, 0.717) is 13.4 Å². The van der Waals surface area contributed by atoms with E-state index in [4.69, 9.17) is 9.47 Å². The maximum absolute atomic E-state index is 5.44. The van der Waals surface area contributed by atoms with Crippen LogP contribution in [-0.4, -0.2) is 28.1 Å². The van der Waals surface area contributed by atoms with Gasteiger partial charge in [0.2, 0.25) is 0 Å². The van der Waals surface area contributed by atoms with Crippen molar-refractivity contribution in [1.82, 2.24) is 0 Å². The Morgan fingerprint density at radius 2 is 1.78 bits per heavy atom. The van der Waals surface area contributed by atoms with E-state index in [1.807, 2.05) is 24.3 Å². The van der Waals surface area contributed by atoms with Crippen molar-refractivity contribution in [3.63, 3.8) is 0 Å². The van der Waals surface area contributed by atoms with Gasteiger partial charge in [-0.1, -0.05) is 62.1 Å². The zero-order valence-electron chi connectivity index (χ0n) is 11.7. The first-order valence-electron chi connectivity index (χ1n) is 6.45. The van der Waals surface area contributed by atoms with E-state index in [-0.39, 0.29) is 0 Å². The fraction of sp³-hybridized carbons (Fsp3) is 0.467. The first-order chi connectivity index (χ1) is 8.58. The van der Waals surface area contributed by atoms with Crippen LogP contribution in [0.5, 0.6) is 0 Å². The summed E-state index contributed by atoms with van der Waals surface area (Å²) in [5.41, 5.74) is 1.20. The zero-order valence-corrected chi connectivity index (χ0v) is 12.7. The van der Waals surface area contributed by atoms with Crippen molar-refractivity contribution in [2.24, 2.45) is 0 Å². The molecule has 0 aromatic heterocycles. The van der Waals surface area contributed by atoms with Crippen molar-refractivity contribution in [3.8, 4) is 0 Å². The van der Waals surface area contributed by atoms with E-state index >= 15 is 0 Å². The van der Waals surface area contributed by atoms with Crippen molar-refractivity contribution in [3.05, 3.63) is 42.0 Å². The van der Waals surface area contributed by atoms with Gasteiger partial charge >= 0.3 is 0 Å². The van der Waals surface area contributed by atoms with Crippen LogP contribution in [0.1, 0.15) is 5.56 Å². The molecule has 0 aliphatic heterocycles. The Balaban J connectivity index is 2.01. The molecule has 100 valence electrons. The van der Waals surface area contributed by atoms with Gasteiger partial charge in [0.1, 0.15) is 6.79 Å². The van der Waals surface area contributed by atoms with Gasteiger partial charge in [0.05, 0.1) is 6.61 Å². The van der Waals surface area contributed by atoms with Gasteiger partial charge in [-0.2, -0.15) is 0 Å². The zero-order chi connectivity index (χ0) is 13.3. The number of benzene rings is 1. The smallest absolute Gasteiger partial charge is 0.147 e. The Morgan fingerprint density at radius 1 is 1.06 bits per heavy atom. The predicted octanol–water partition coefficient (Wildman–Crippen LogP) is 4.03. The largest absolute Gasteiger partial charge is 0.356 e. The summed E-state index contributed by atoms with van der Waals surface area (Å²) in [6, 6.07) is 11.4. The molecular formula is C15H24O2Si. The Hall–Kier alpha value is -0.903. The number of hydrogen-bond donors (Lipinski definition) is 0. The van der Waals surface area contributed by atoms with Gasteiger partial charge in [-0.15, -0.1) is 0 Å². The van der Waals surface area contributed by atoms with Gasteiger partial charge in [0.25, 0.3) is 0 Å². The second-order valence-electron chi connectivity index (χ2n) is 5.52. The summed E-state index contributed by atoms with van der Waals surface area (Å²) in [5.74, 6) is 0. The van der Waals surface area contributed by atoms with Gasteiger partial charge < -0.3 is 9.47 Å². The van der Waals surface area contributed by atoms with Gasteiger partial charge in [-0.3, -0.25) is 0 Å². The summed E-state index contributed by atoms with van der Waals surface area (Å²) < 4.78 is 10.8. The van der Waals surface area contributed by atoms with Crippen LogP contribution in [-0.2, 0) is 9.47 Å². The molecule has 0 amide bonds. The predicted molar refractivity (Wildman–Crippen MR) is 80.4 cm³/mol. The van der Waals surface area contributed by atoms with Crippen LogP contribution in [0.15, 0.2) is 36.4 Å². The maximum atomic E-state index is 5.44. The fourth-order valence-electron chi connectivity index (χ4n) is 1.36. The van der Waals surface area contributed by atoms with E-state index in [2.05, 4.69) is 37.8 Å². The molecule has 0 radical (unpaired) electrons. The van der Waals surface area contributed by atoms with Gasteiger partial charge in [0.15, 0.2) is 0 Å². The molecule has 1 rings (SSSR count). The summed E-state index contributed by atoms with van der Waals surface area (Å²) in [5, 5.41) is 0. The fourth-order valence-corrected chi connectivity index (χ4v) is 2.12. The van der Waals surface area contributed by atoms with Crippen molar-refractivity contribution >= 4 is 14.1 Å². The summed E-state index contributed by atoms with van der Waals surface area (Å²) >= 11 is 0. The molecule has 18 heavy (non-hydrogen) atoms. The third-order valence-electron chi connectivity index (χ3n) is 2.49. The van der Waals surface area contributed by atoms with E-state index < -0.39 is 8.07 Å². The summed E-state index contributed by atoms with van der Waals surface area (Å²) in [6.45, 7) is 8.85. The van der Waals surface area contributed by atoms with Crippen LogP contribution in [0, 0.1) is 0 Å². The Morgan fingerprint density at radius 3 is 2.44 bits per heavy atom. The highest BCUT2D eigenvalue weighted by Gasteiger charge is 2.11. The van der Waals surface area contributed by atoms with Crippen LogP contribution in [0.4, 0.5) is 0 Å². The second kappa shape index (κ2) is 8.24. The molecule has 0 aliphatic carbocycles. The summed E-state index contributed by atoms with van der Waals surface area (Å²) in [6.07, 6.45) is 4.07. The van der Waals surface area contributed by atoms with Crippen LogP contribution in [0.2, 0.25) is 25.7 Å². The molecule has 0 unspecified atom stereocenters. The van der Waals surface area contributed by atoms with Crippen molar-refractivity contribution < 1.29 is 9.47 Å². The number of ether oxygens (including phenoxy) is 2. The van der Waals surface area contributed by atoms with Gasteiger partial charge in [0, 0.05) is 14.7 Å².